The Labute approximate surface area is 179 Å². The first-order chi connectivity index (χ1) is 11.9. The number of ether oxygens (including phenoxy) is 3. The van der Waals surface area contributed by atoms with Crippen LogP contribution in [0.25, 0.3) is 0 Å². The first kappa shape index (κ1) is 21.2. The van der Waals surface area contributed by atoms with E-state index in [1.807, 2.05) is 0 Å². The number of epoxide rings is 3. The SMILES string of the molecule is C(C[Te]CC(CSCC1CO1)[Te]CCSCC1CO1)SCC1CO1. The molecule has 8 heteroatoms. The van der Waals surface area contributed by atoms with Gasteiger partial charge in [0.1, 0.15) is 0 Å². The van der Waals surface area contributed by atoms with Gasteiger partial charge in [0, 0.05) is 0 Å². The van der Waals surface area contributed by atoms with E-state index >= 15 is 0 Å². The average molecular weight is 620 g/mol. The van der Waals surface area contributed by atoms with Crippen LogP contribution < -0.4 is 0 Å². The van der Waals surface area contributed by atoms with Crippen molar-refractivity contribution in [2.24, 2.45) is 0 Å². The van der Waals surface area contributed by atoms with Gasteiger partial charge in [-0.2, -0.15) is 0 Å². The molecule has 0 aromatic heterocycles. The molecular weight excluding hydrogens is 592 g/mol. The Hall–Kier alpha value is 2.51. The van der Waals surface area contributed by atoms with Gasteiger partial charge in [0.15, 0.2) is 0 Å². The summed E-state index contributed by atoms with van der Waals surface area (Å²) in [7, 11) is 0. The molecule has 3 aliphatic rings. The van der Waals surface area contributed by atoms with E-state index in [1.165, 1.54) is 43.5 Å². The van der Waals surface area contributed by atoms with Crippen LogP contribution in [0.4, 0.5) is 0 Å². The molecule has 0 bridgehead atoms. The topological polar surface area (TPSA) is 37.6 Å². The summed E-state index contributed by atoms with van der Waals surface area (Å²) in [6.07, 6.45) is 1.81. The Bertz CT molecular complexity index is 343. The summed E-state index contributed by atoms with van der Waals surface area (Å²) >= 11 is 6.86. The molecule has 4 atom stereocenters. The minimum atomic E-state index is 0.201. The Morgan fingerprint density at radius 3 is 1.92 bits per heavy atom. The molecule has 0 aromatic rings. The zero-order chi connectivity index (χ0) is 16.5. The Kier molecular flexibility index (Phi) is 11.4. The summed E-state index contributed by atoms with van der Waals surface area (Å²) in [4.78, 5) is 0. The van der Waals surface area contributed by atoms with E-state index in [0.717, 1.165) is 23.8 Å². The third kappa shape index (κ3) is 11.4. The monoisotopic (exact) mass is 624 g/mol. The first-order valence-corrected chi connectivity index (χ1v) is 18.4. The van der Waals surface area contributed by atoms with Crippen LogP contribution in [0.3, 0.4) is 0 Å². The molecule has 0 radical (unpaired) electrons. The van der Waals surface area contributed by atoms with Crippen LogP contribution in [0.15, 0.2) is 0 Å². The number of hydrogen-bond donors (Lipinski definition) is 0. The summed E-state index contributed by atoms with van der Waals surface area (Å²) in [5, 5.41) is 0. The summed E-state index contributed by atoms with van der Waals surface area (Å²) in [5.74, 6) is 7.91. The van der Waals surface area contributed by atoms with Crippen molar-refractivity contribution in [3.05, 3.63) is 0 Å². The van der Waals surface area contributed by atoms with Gasteiger partial charge in [-0.3, -0.25) is 0 Å². The van der Waals surface area contributed by atoms with Crippen molar-refractivity contribution in [1.82, 2.24) is 0 Å². The van der Waals surface area contributed by atoms with Gasteiger partial charge in [0.2, 0.25) is 0 Å². The van der Waals surface area contributed by atoms with Gasteiger partial charge >= 0.3 is 181 Å². The predicted octanol–water partition coefficient (Wildman–Crippen LogP) is 2.83. The third-order valence-electron chi connectivity index (χ3n) is 3.68. The van der Waals surface area contributed by atoms with Gasteiger partial charge in [-0.05, 0) is 0 Å². The molecule has 3 rings (SSSR count). The van der Waals surface area contributed by atoms with E-state index in [0.29, 0.717) is 18.3 Å². The minimum absolute atomic E-state index is 0.201. The molecule has 3 heterocycles. The fraction of sp³-hybridized carbons (Fsp3) is 1.00. The molecule has 0 aliphatic carbocycles. The summed E-state index contributed by atoms with van der Waals surface area (Å²) in [5.41, 5.74) is 0. The normalized spacial score (nSPS) is 28.8. The second kappa shape index (κ2) is 12.9. The van der Waals surface area contributed by atoms with Crippen molar-refractivity contribution in [1.29, 1.82) is 0 Å². The first-order valence-electron chi connectivity index (χ1n) is 8.67. The number of thioether (sulfide) groups is 3. The zero-order valence-corrected chi connectivity index (χ0v) is 21.2. The van der Waals surface area contributed by atoms with Gasteiger partial charge in [-0.25, -0.2) is 0 Å². The Morgan fingerprint density at radius 2 is 1.33 bits per heavy atom. The van der Waals surface area contributed by atoms with Crippen molar-refractivity contribution in [3.63, 3.8) is 0 Å². The van der Waals surface area contributed by atoms with Crippen LogP contribution in [0.2, 0.25) is 17.4 Å². The predicted molar refractivity (Wildman–Crippen MR) is 111 cm³/mol. The third-order valence-corrected chi connectivity index (χ3v) is 18.2. The van der Waals surface area contributed by atoms with Crippen molar-refractivity contribution in [3.8, 4) is 0 Å². The van der Waals surface area contributed by atoms with E-state index in [1.54, 1.807) is 4.47 Å². The van der Waals surface area contributed by atoms with Crippen LogP contribution in [-0.2, 0) is 14.2 Å². The molecule has 140 valence electrons. The molecule has 24 heavy (non-hydrogen) atoms. The van der Waals surface area contributed by atoms with Crippen molar-refractivity contribution in [2.75, 3.05) is 54.3 Å². The van der Waals surface area contributed by atoms with Crippen LogP contribution in [-0.4, -0.2) is 114 Å². The van der Waals surface area contributed by atoms with Crippen LogP contribution >= 0.6 is 35.3 Å². The van der Waals surface area contributed by atoms with E-state index < -0.39 is 0 Å². The molecule has 3 nitrogen and oxygen atoms in total. The van der Waals surface area contributed by atoms with E-state index in [-0.39, 0.29) is 41.8 Å². The van der Waals surface area contributed by atoms with Gasteiger partial charge in [0.25, 0.3) is 0 Å². The maximum atomic E-state index is 5.35. The molecule has 0 spiro atoms. The molecule has 0 amide bonds. The average Bonchev–Trinajstić information content (AvgIpc) is 3.44. The summed E-state index contributed by atoms with van der Waals surface area (Å²) in [6, 6.07) is 0. The fourth-order valence-corrected chi connectivity index (χ4v) is 17.2. The number of hydrogen-bond acceptors (Lipinski definition) is 6. The van der Waals surface area contributed by atoms with Gasteiger partial charge in [-0.1, -0.05) is 0 Å². The Morgan fingerprint density at radius 1 is 0.792 bits per heavy atom. The standard InChI is InChI=1S/C16H28O3S3Te2/c1(20-8-13-5-17-13)3-23-12-16(11-22-10-15-7-19-15)24-4-2-21-9-14-6-18-14/h13-16H,1-12H2. The van der Waals surface area contributed by atoms with Crippen LogP contribution in [0, 0.1) is 0 Å². The Balaban J connectivity index is 1.18. The van der Waals surface area contributed by atoms with Crippen molar-refractivity contribution >= 4 is 77.1 Å². The van der Waals surface area contributed by atoms with E-state index in [9.17, 15) is 0 Å². The molecule has 4 unspecified atom stereocenters. The summed E-state index contributed by atoms with van der Waals surface area (Å²) in [6.45, 7) is 3.05. The molecule has 0 N–H and O–H groups in total. The van der Waals surface area contributed by atoms with Crippen LogP contribution in [0.1, 0.15) is 0 Å². The molecular formula is C16H28O3S3Te2. The second-order valence-corrected chi connectivity index (χ2v) is 16.8. The van der Waals surface area contributed by atoms with Gasteiger partial charge < -0.3 is 0 Å². The van der Waals surface area contributed by atoms with Crippen molar-refractivity contribution in [2.45, 2.75) is 35.7 Å². The molecule has 3 aliphatic heterocycles. The quantitative estimate of drug-likeness (QED) is 0.142. The number of rotatable bonds is 17. The molecule has 3 fully saturated rings. The molecule has 0 aromatic carbocycles. The van der Waals surface area contributed by atoms with E-state index in [2.05, 4.69) is 35.3 Å². The maximum absolute atomic E-state index is 5.35. The van der Waals surface area contributed by atoms with Crippen molar-refractivity contribution < 1.29 is 14.2 Å². The molecule has 0 saturated carbocycles. The van der Waals surface area contributed by atoms with Crippen LogP contribution in [0.5, 0.6) is 0 Å². The van der Waals surface area contributed by atoms with Gasteiger partial charge in [-0.15, -0.1) is 0 Å². The molecule has 3 saturated heterocycles. The fourth-order valence-electron chi connectivity index (χ4n) is 2.00. The zero-order valence-electron chi connectivity index (χ0n) is 14.1. The van der Waals surface area contributed by atoms with Gasteiger partial charge in [0.05, 0.1) is 0 Å². The van der Waals surface area contributed by atoms with E-state index in [4.69, 9.17) is 14.2 Å². The summed E-state index contributed by atoms with van der Waals surface area (Å²) < 4.78 is 21.7. The second-order valence-electron chi connectivity index (χ2n) is 6.12.